The van der Waals surface area contributed by atoms with Gasteiger partial charge in [-0.05, 0) is 12.1 Å². The minimum Gasteiger partial charge on any atom is -0.494 e. The first kappa shape index (κ1) is 14.4. The van der Waals surface area contributed by atoms with Crippen LogP contribution in [-0.4, -0.2) is 23.0 Å². The summed E-state index contributed by atoms with van der Waals surface area (Å²) >= 11 is 11.7. The molecular weight excluding hydrogens is 303 g/mol. The van der Waals surface area contributed by atoms with Crippen molar-refractivity contribution in [2.45, 2.75) is 0 Å². The maximum absolute atomic E-state index is 12.2. The molecule has 0 bridgehead atoms. The fourth-order valence-electron chi connectivity index (χ4n) is 1.59. The molecule has 2 aromatic rings. The minimum atomic E-state index is -0.479. The third-order valence-electron chi connectivity index (χ3n) is 2.49. The van der Waals surface area contributed by atoms with Crippen molar-refractivity contribution in [1.29, 1.82) is 0 Å². The van der Waals surface area contributed by atoms with Gasteiger partial charge >= 0.3 is 0 Å². The Labute approximate surface area is 124 Å². The van der Waals surface area contributed by atoms with Crippen LogP contribution >= 0.6 is 23.2 Å². The largest absolute Gasteiger partial charge is 0.494 e. The fraction of sp³-hybridized carbons (Fsp3) is 0.0833. The highest BCUT2D eigenvalue weighted by Gasteiger charge is 2.17. The van der Waals surface area contributed by atoms with Gasteiger partial charge < -0.3 is 15.8 Å². The van der Waals surface area contributed by atoms with Crippen LogP contribution in [0.5, 0.6) is 5.75 Å². The lowest BCUT2D eigenvalue weighted by atomic mass is 10.1. The molecule has 0 spiro atoms. The zero-order chi connectivity index (χ0) is 14.7. The first-order chi connectivity index (χ1) is 9.54. The van der Waals surface area contributed by atoms with Crippen LogP contribution in [0.15, 0.2) is 24.5 Å². The summed E-state index contributed by atoms with van der Waals surface area (Å²) in [6.45, 7) is 0. The van der Waals surface area contributed by atoms with Gasteiger partial charge in [-0.3, -0.25) is 4.79 Å². The van der Waals surface area contributed by atoms with Gasteiger partial charge in [-0.2, -0.15) is 0 Å². The van der Waals surface area contributed by atoms with E-state index >= 15 is 0 Å². The summed E-state index contributed by atoms with van der Waals surface area (Å²) in [4.78, 5) is 19.7. The first-order valence-electron chi connectivity index (χ1n) is 5.44. The third-order valence-corrected chi connectivity index (χ3v) is 3.06. The predicted molar refractivity (Wildman–Crippen MR) is 77.4 cm³/mol. The molecular formula is C12H10Cl2N4O2. The van der Waals surface area contributed by atoms with Gasteiger partial charge in [0.15, 0.2) is 16.1 Å². The second-order valence-corrected chi connectivity index (χ2v) is 4.43. The molecule has 0 aliphatic carbocycles. The molecule has 104 valence electrons. The normalized spacial score (nSPS) is 10.2. The van der Waals surface area contributed by atoms with Crippen molar-refractivity contribution in [3.8, 4) is 5.75 Å². The fourth-order valence-corrected chi connectivity index (χ4v) is 2.00. The van der Waals surface area contributed by atoms with Crippen molar-refractivity contribution in [1.82, 2.24) is 9.97 Å². The summed E-state index contributed by atoms with van der Waals surface area (Å²) in [5.74, 6) is -0.207. The zero-order valence-electron chi connectivity index (χ0n) is 10.4. The summed E-state index contributed by atoms with van der Waals surface area (Å²) < 4.78 is 5.11. The maximum Gasteiger partial charge on any atom is 0.259 e. The molecule has 1 aromatic heterocycles. The van der Waals surface area contributed by atoms with Crippen LogP contribution in [0, 0.1) is 0 Å². The van der Waals surface area contributed by atoms with E-state index in [0.29, 0.717) is 5.69 Å². The van der Waals surface area contributed by atoms with Gasteiger partial charge in [0, 0.05) is 0 Å². The van der Waals surface area contributed by atoms with Crippen LogP contribution in [0.2, 0.25) is 10.3 Å². The SMILES string of the molecule is COc1c(N)cccc1C(=O)Nc1c(Cl)ncnc1Cl. The molecule has 6 nitrogen and oxygen atoms in total. The van der Waals surface area contributed by atoms with Gasteiger partial charge in [0.1, 0.15) is 12.0 Å². The van der Waals surface area contributed by atoms with Gasteiger partial charge in [0.25, 0.3) is 5.91 Å². The molecule has 8 heteroatoms. The van der Waals surface area contributed by atoms with E-state index in [1.807, 2.05) is 0 Å². The van der Waals surface area contributed by atoms with Gasteiger partial charge in [0.2, 0.25) is 0 Å². The van der Waals surface area contributed by atoms with E-state index in [1.54, 1.807) is 18.2 Å². The molecule has 0 fully saturated rings. The Bertz CT molecular complexity index is 644. The average Bonchev–Trinajstić information content (AvgIpc) is 2.42. The van der Waals surface area contributed by atoms with Crippen molar-refractivity contribution in [2.24, 2.45) is 0 Å². The topological polar surface area (TPSA) is 90.1 Å². The number of hydrogen-bond donors (Lipinski definition) is 2. The Morgan fingerprint density at radius 2 is 1.95 bits per heavy atom. The number of carbonyl (C=O) groups is 1. The number of para-hydroxylation sites is 1. The summed E-state index contributed by atoms with van der Waals surface area (Å²) in [6.07, 6.45) is 1.20. The Balaban J connectivity index is 2.36. The van der Waals surface area contributed by atoms with Crippen LogP contribution in [0.1, 0.15) is 10.4 Å². The van der Waals surface area contributed by atoms with E-state index < -0.39 is 5.91 Å². The Morgan fingerprint density at radius 1 is 1.30 bits per heavy atom. The number of methoxy groups -OCH3 is 1. The van der Waals surface area contributed by atoms with Crippen molar-refractivity contribution < 1.29 is 9.53 Å². The molecule has 2 rings (SSSR count). The van der Waals surface area contributed by atoms with Crippen LogP contribution in [0.25, 0.3) is 0 Å². The number of nitrogens with two attached hydrogens (primary N) is 1. The number of benzene rings is 1. The molecule has 0 unspecified atom stereocenters. The molecule has 0 saturated carbocycles. The molecule has 1 amide bonds. The second kappa shape index (κ2) is 5.94. The van der Waals surface area contributed by atoms with E-state index in [0.717, 1.165) is 0 Å². The highest BCUT2D eigenvalue weighted by Crippen LogP contribution is 2.29. The molecule has 0 saturated heterocycles. The molecule has 0 aliphatic rings. The number of halogens is 2. The number of nitrogens with one attached hydrogen (secondary N) is 1. The number of rotatable bonds is 3. The van der Waals surface area contributed by atoms with E-state index in [4.69, 9.17) is 33.7 Å². The Kier molecular flexibility index (Phi) is 4.26. The van der Waals surface area contributed by atoms with Gasteiger partial charge in [-0.15, -0.1) is 0 Å². The van der Waals surface area contributed by atoms with E-state index in [-0.39, 0.29) is 27.3 Å². The molecule has 20 heavy (non-hydrogen) atoms. The molecule has 0 radical (unpaired) electrons. The molecule has 1 aromatic carbocycles. The quantitative estimate of drug-likeness (QED) is 0.671. The molecule has 3 N–H and O–H groups in total. The highest BCUT2D eigenvalue weighted by molar-refractivity contribution is 6.38. The summed E-state index contributed by atoms with van der Waals surface area (Å²) in [5.41, 5.74) is 6.47. The maximum atomic E-state index is 12.2. The lowest BCUT2D eigenvalue weighted by Crippen LogP contribution is -2.15. The lowest BCUT2D eigenvalue weighted by molar-refractivity contribution is 0.102. The number of nitrogen functional groups attached to an aromatic ring is 1. The van der Waals surface area contributed by atoms with Crippen LogP contribution in [-0.2, 0) is 0 Å². The van der Waals surface area contributed by atoms with E-state index in [1.165, 1.54) is 13.4 Å². The monoisotopic (exact) mass is 312 g/mol. The molecule has 1 heterocycles. The summed E-state index contributed by atoms with van der Waals surface area (Å²) in [5, 5.41) is 2.62. The van der Waals surface area contributed by atoms with E-state index in [9.17, 15) is 4.79 Å². The van der Waals surface area contributed by atoms with E-state index in [2.05, 4.69) is 15.3 Å². The van der Waals surface area contributed by atoms with Crippen molar-refractivity contribution in [3.63, 3.8) is 0 Å². The highest BCUT2D eigenvalue weighted by atomic mass is 35.5. The average molecular weight is 313 g/mol. The van der Waals surface area contributed by atoms with Crippen molar-refractivity contribution >= 4 is 40.5 Å². The number of anilines is 2. The summed E-state index contributed by atoms with van der Waals surface area (Å²) in [6, 6.07) is 4.83. The Hall–Kier alpha value is -2.05. The summed E-state index contributed by atoms with van der Waals surface area (Å²) in [7, 11) is 1.42. The van der Waals surface area contributed by atoms with Crippen LogP contribution in [0.4, 0.5) is 11.4 Å². The third kappa shape index (κ3) is 2.76. The standard InChI is InChI=1S/C12H10Cl2N4O2/c1-20-9-6(3-2-4-7(9)15)12(19)18-8-10(13)16-5-17-11(8)14/h2-5H,15H2,1H3,(H,18,19). The number of aromatic nitrogens is 2. The minimum absolute atomic E-state index is 0.0428. The number of hydrogen-bond acceptors (Lipinski definition) is 5. The van der Waals surface area contributed by atoms with Gasteiger partial charge in [-0.25, -0.2) is 9.97 Å². The van der Waals surface area contributed by atoms with Crippen molar-refractivity contribution in [3.05, 3.63) is 40.4 Å². The lowest BCUT2D eigenvalue weighted by Gasteiger charge is -2.12. The predicted octanol–water partition coefficient (Wildman–Crippen LogP) is 2.63. The van der Waals surface area contributed by atoms with Gasteiger partial charge in [0.05, 0.1) is 18.4 Å². The van der Waals surface area contributed by atoms with Crippen LogP contribution in [0.3, 0.4) is 0 Å². The number of amides is 1. The number of carbonyl (C=O) groups excluding carboxylic acids is 1. The number of ether oxygens (including phenoxy) is 1. The van der Waals surface area contributed by atoms with Gasteiger partial charge in [-0.1, -0.05) is 29.3 Å². The van der Waals surface area contributed by atoms with Crippen molar-refractivity contribution in [2.75, 3.05) is 18.2 Å². The Morgan fingerprint density at radius 3 is 2.55 bits per heavy atom. The molecule has 0 atom stereocenters. The smallest absolute Gasteiger partial charge is 0.259 e. The number of nitrogens with zero attached hydrogens (tertiary/aromatic N) is 2. The zero-order valence-corrected chi connectivity index (χ0v) is 11.9. The van der Waals surface area contributed by atoms with Crippen LogP contribution < -0.4 is 15.8 Å². The molecule has 0 aliphatic heterocycles. The first-order valence-corrected chi connectivity index (χ1v) is 6.20. The second-order valence-electron chi connectivity index (χ2n) is 3.71.